The lowest BCUT2D eigenvalue weighted by molar-refractivity contribution is 0.0226. The molecule has 0 fully saturated rings. The quantitative estimate of drug-likeness (QED) is 0.294. The van der Waals surface area contributed by atoms with Gasteiger partial charge < -0.3 is 19.7 Å². The average molecular weight is 491 g/mol. The highest BCUT2D eigenvalue weighted by atomic mass is 16.6. The van der Waals surface area contributed by atoms with Crippen LogP contribution in [0.5, 0.6) is 11.5 Å². The minimum absolute atomic E-state index is 0.323. The minimum Gasteiger partial charge on any atom is -0.456 e. The van der Waals surface area contributed by atoms with Crippen molar-refractivity contribution in [2.75, 3.05) is 23.3 Å². The van der Waals surface area contributed by atoms with Crippen LogP contribution in [-0.4, -0.2) is 19.1 Å². The van der Waals surface area contributed by atoms with Gasteiger partial charge in [0.2, 0.25) is 0 Å². The summed E-state index contributed by atoms with van der Waals surface area (Å²) < 4.78 is 12.9. The van der Waals surface area contributed by atoms with Crippen molar-refractivity contribution in [2.45, 2.75) is 33.3 Å². The molecule has 0 radical (unpaired) electrons. The number of esters is 1. The Balaban J connectivity index is 1.73. The molecule has 0 saturated carbocycles. The molecule has 1 spiro atoms. The Morgan fingerprint density at radius 2 is 1.49 bits per heavy atom. The molecule has 4 aromatic rings. The first-order chi connectivity index (χ1) is 18.0. The first-order valence-electron chi connectivity index (χ1n) is 12.8. The normalized spacial score (nSPS) is 14.3. The van der Waals surface area contributed by atoms with Gasteiger partial charge in [-0.3, -0.25) is 0 Å². The lowest BCUT2D eigenvalue weighted by Gasteiger charge is -2.37. The second-order valence-corrected chi connectivity index (χ2v) is 9.67. The molecule has 6 rings (SSSR count). The van der Waals surface area contributed by atoms with Crippen LogP contribution in [0, 0.1) is 13.8 Å². The number of hydrogen-bond donors (Lipinski definition) is 1. The molecule has 0 saturated heterocycles. The predicted octanol–water partition coefficient (Wildman–Crippen LogP) is 7.46. The Morgan fingerprint density at radius 1 is 0.838 bits per heavy atom. The van der Waals surface area contributed by atoms with Gasteiger partial charge in [0.1, 0.15) is 11.5 Å². The highest BCUT2D eigenvalue weighted by molar-refractivity contribution is 6.05. The number of nitrogens with one attached hydrogen (secondary N) is 1. The Morgan fingerprint density at radius 3 is 2.11 bits per heavy atom. The Hall–Kier alpha value is -4.25. The van der Waals surface area contributed by atoms with Crippen LogP contribution in [0.15, 0.2) is 78.9 Å². The molecule has 0 aromatic heterocycles. The SMILES string of the molecule is CCN(CC)c1cc(C)c(Nc2cccc(C)c2)c2c1C(=O)OC21c2ccccc2Oc2ccccc21. The fourth-order valence-electron chi connectivity index (χ4n) is 5.78. The zero-order valence-corrected chi connectivity index (χ0v) is 21.6. The molecule has 0 atom stereocenters. The fraction of sp³-hybridized carbons (Fsp3) is 0.219. The number of benzene rings is 4. The van der Waals surface area contributed by atoms with Crippen LogP contribution in [-0.2, 0) is 10.3 Å². The molecule has 2 heterocycles. The van der Waals surface area contributed by atoms with E-state index in [-0.39, 0.29) is 5.97 Å². The Kier molecular flexibility index (Phi) is 5.45. The zero-order chi connectivity index (χ0) is 25.7. The molecule has 1 N–H and O–H groups in total. The van der Waals surface area contributed by atoms with Crippen molar-refractivity contribution in [3.63, 3.8) is 0 Å². The van der Waals surface area contributed by atoms with Gasteiger partial charge in [0.05, 0.1) is 16.9 Å². The van der Waals surface area contributed by atoms with Crippen LogP contribution >= 0.6 is 0 Å². The number of hydrogen-bond acceptors (Lipinski definition) is 5. The third-order valence-corrected chi connectivity index (χ3v) is 7.45. The molecule has 0 bridgehead atoms. The molecule has 186 valence electrons. The van der Waals surface area contributed by atoms with E-state index in [1.165, 1.54) is 0 Å². The number of carbonyl (C=O) groups excluding carboxylic acids is 1. The van der Waals surface area contributed by atoms with Crippen LogP contribution in [0.4, 0.5) is 17.1 Å². The van der Waals surface area contributed by atoms with Crippen molar-refractivity contribution in [1.29, 1.82) is 0 Å². The van der Waals surface area contributed by atoms with E-state index in [2.05, 4.69) is 56.1 Å². The summed E-state index contributed by atoms with van der Waals surface area (Å²) in [6.45, 7) is 9.95. The van der Waals surface area contributed by atoms with Crippen LogP contribution in [0.3, 0.4) is 0 Å². The highest BCUT2D eigenvalue weighted by Gasteiger charge is 2.56. The second kappa shape index (κ2) is 8.70. The standard InChI is InChI=1S/C32H30N2O3/c1-5-34(6-2)25-19-21(4)30(33-22-13-11-12-20(3)18-22)29-28(25)31(35)37-32(29)23-14-7-9-16-26(23)36-27-17-10-8-15-24(27)32/h7-19,33H,5-6H2,1-4H3. The predicted molar refractivity (Wildman–Crippen MR) is 147 cm³/mol. The van der Waals surface area contributed by atoms with Crippen LogP contribution < -0.4 is 15.0 Å². The smallest absolute Gasteiger partial charge is 0.342 e. The van der Waals surface area contributed by atoms with E-state index in [4.69, 9.17) is 9.47 Å². The van der Waals surface area contributed by atoms with Crippen LogP contribution in [0.25, 0.3) is 0 Å². The molecule has 2 aliphatic rings. The Bertz CT molecular complexity index is 1490. The number of anilines is 3. The van der Waals surface area contributed by atoms with E-state index in [1.54, 1.807) is 0 Å². The van der Waals surface area contributed by atoms with Gasteiger partial charge in [-0.15, -0.1) is 0 Å². The maximum atomic E-state index is 14.0. The molecular weight excluding hydrogens is 460 g/mol. The monoisotopic (exact) mass is 490 g/mol. The van der Waals surface area contributed by atoms with Gasteiger partial charge in [0.15, 0.2) is 5.60 Å². The van der Waals surface area contributed by atoms with E-state index in [0.29, 0.717) is 17.1 Å². The summed E-state index contributed by atoms with van der Waals surface area (Å²) in [5.41, 5.74) is 6.89. The number of ether oxygens (including phenoxy) is 2. The summed E-state index contributed by atoms with van der Waals surface area (Å²) in [7, 11) is 0. The molecule has 0 aliphatic carbocycles. The molecule has 5 nitrogen and oxygen atoms in total. The number of carbonyl (C=O) groups is 1. The number of fused-ring (bicyclic) bond motifs is 6. The summed E-state index contributed by atoms with van der Waals surface area (Å²) >= 11 is 0. The third-order valence-electron chi connectivity index (χ3n) is 7.45. The van der Waals surface area contributed by atoms with Crippen molar-refractivity contribution in [3.05, 3.63) is 112 Å². The highest BCUT2D eigenvalue weighted by Crippen LogP contribution is 2.59. The molecule has 4 aromatic carbocycles. The zero-order valence-electron chi connectivity index (χ0n) is 21.6. The lowest BCUT2D eigenvalue weighted by atomic mass is 9.76. The number of aryl methyl sites for hydroxylation is 2. The second-order valence-electron chi connectivity index (χ2n) is 9.67. The van der Waals surface area contributed by atoms with Gasteiger partial charge in [-0.2, -0.15) is 0 Å². The number of rotatable bonds is 5. The van der Waals surface area contributed by atoms with Crippen molar-refractivity contribution in [1.82, 2.24) is 0 Å². The molecule has 2 aliphatic heterocycles. The Labute approximate surface area is 217 Å². The first-order valence-corrected chi connectivity index (χ1v) is 12.8. The molecule has 0 amide bonds. The fourth-order valence-corrected chi connectivity index (χ4v) is 5.78. The topological polar surface area (TPSA) is 50.8 Å². The molecule has 5 heteroatoms. The van der Waals surface area contributed by atoms with Crippen molar-refractivity contribution < 1.29 is 14.3 Å². The minimum atomic E-state index is -1.14. The number of para-hydroxylation sites is 2. The number of nitrogens with zero attached hydrogens (tertiary/aromatic N) is 1. The van der Waals surface area contributed by atoms with Gasteiger partial charge in [-0.1, -0.05) is 48.5 Å². The summed E-state index contributed by atoms with van der Waals surface area (Å²) in [5, 5.41) is 3.68. The summed E-state index contributed by atoms with van der Waals surface area (Å²) in [5.74, 6) is 1.05. The summed E-state index contributed by atoms with van der Waals surface area (Å²) in [6.07, 6.45) is 0. The van der Waals surface area contributed by atoms with E-state index >= 15 is 0 Å². The maximum absolute atomic E-state index is 14.0. The maximum Gasteiger partial charge on any atom is 0.342 e. The molecule has 37 heavy (non-hydrogen) atoms. The van der Waals surface area contributed by atoms with Crippen molar-refractivity contribution >= 4 is 23.0 Å². The van der Waals surface area contributed by atoms with Crippen LogP contribution in [0.2, 0.25) is 0 Å². The van der Waals surface area contributed by atoms with E-state index < -0.39 is 5.60 Å². The third kappa shape index (κ3) is 3.41. The van der Waals surface area contributed by atoms with E-state index in [1.807, 2.05) is 60.7 Å². The lowest BCUT2D eigenvalue weighted by Crippen LogP contribution is -2.33. The van der Waals surface area contributed by atoms with E-state index in [0.717, 1.165) is 58.0 Å². The van der Waals surface area contributed by atoms with E-state index in [9.17, 15) is 4.79 Å². The van der Waals surface area contributed by atoms with Gasteiger partial charge in [0.25, 0.3) is 0 Å². The average Bonchev–Trinajstić information content (AvgIpc) is 3.20. The van der Waals surface area contributed by atoms with Gasteiger partial charge in [0, 0.05) is 35.5 Å². The summed E-state index contributed by atoms with van der Waals surface area (Å²) in [6, 6.07) is 26.1. The first kappa shape index (κ1) is 23.2. The van der Waals surface area contributed by atoms with Gasteiger partial charge in [-0.05, 0) is 69.2 Å². The van der Waals surface area contributed by atoms with Gasteiger partial charge >= 0.3 is 5.97 Å². The van der Waals surface area contributed by atoms with Crippen molar-refractivity contribution in [3.8, 4) is 11.5 Å². The molecular formula is C32H30N2O3. The largest absolute Gasteiger partial charge is 0.456 e. The summed E-state index contributed by atoms with van der Waals surface area (Å²) in [4.78, 5) is 16.2. The van der Waals surface area contributed by atoms with Gasteiger partial charge in [-0.25, -0.2) is 4.79 Å². The van der Waals surface area contributed by atoms with Crippen molar-refractivity contribution in [2.24, 2.45) is 0 Å². The van der Waals surface area contributed by atoms with Crippen LogP contribution in [0.1, 0.15) is 52.0 Å². The molecule has 0 unspecified atom stereocenters.